The van der Waals surface area contributed by atoms with E-state index in [0.29, 0.717) is 5.75 Å². The Morgan fingerprint density at radius 3 is 1.45 bits per heavy atom. The molecule has 0 saturated heterocycles. The molecule has 0 radical (unpaired) electrons. The van der Waals surface area contributed by atoms with Gasteiger partial charge in [0.2, 0.25) is 0 Å². The zero-order valence-corrected chi connectivity index (χ0v) is 11.2. The number of fused-ring (bicyclic) bond motifs is 3. The van der Waals surface area contributed by atoms with Crippen molar-refractivity contribution in [3.8, 4) is 16.9 Å². The van der Waals surface area contributed by atoms with Gasteiger partial charge in [-0.2, -0.15) is 0 Å². The maximum atomic E-state index is 8.63. The largest absolute Gasteiger partial charge is 0.508 e. The molecule has 0 amide bonds. The Morgan fingerprint density at radius 2 is 1.00 bits per heavy atom. The van der Waals surface area contributed by atoms with Crippen LogP contribution < -0.4 is 0 Å². The molecule has 0 aromatic heterocycles. The van der Waals surface area contributed by atoms with Crippen molar-refractivity contribution in [2.45, 2.75) is 6.42 Å². The first-order valence-corrected chi connectivity index (χ1v) is 6.75. The molecule has 1 heteroatoms. The highest BCUT2D eigenvalue weighted by Crippen LogP contribution is 2.35. The van der Waals surface area contributed by atoms with Crippen molar-refractivity contribution >= 4 is 0 Å². The Kier molecular flexibility index (Phi) is 3.51. The lowest BCUT2D eigenvalue weighted by Gasteiger charge is -1.98. The highest BCUT2D eigenvalue weighted by atomic mass is 16.3. The van der Waals surface area contributed by atoms with Gasteiger partial charge in [0.25, 0.3) is 0 Å². The van der Waals surface area contributed by atoms with Crippen LogP contribution in [-0.4, -0.2) is 5.11 Å². The molecule has 1 nitrogen and oxygen atoms in total. The van der Waals surface area contributed by atoms with Crippen LogP contribution in [0.15, 0.2) is 78.9 Å². The molecule has 0 aliphatic heterocycles. The molecule has 1 aliphatic carbocycles. The van der Waals surface area contributed by atoms with Crippen LogP contribution in [-0.2, 0) is 6.42 Å². The lowest BCUT2D eigenvalue weighted by molar-refractivity contribution is 0.475. The molecular formula is C19H16O. The number of hydrogen-bond donors (Lipinski definition) is 1. The predicted octanol–water partition coefficient (Wildman–Crippen LogP) is 4.65. The average molecular weight is 260 g/mol. The van der Waals surface area contributed by atoms with Crippen molar-refractivity contribution in [2.24, 2.45) is 0 Å². The summed E-state index contributed by atoms with van der Waals surface area (Å²) in [6, 6.07) is 26.0. The predicted molar refractivity (Wildman–Crippen MR) is 82.8 cm³/mol. The molecule has 1 N–H and O–H groups in total. The normalized spacial score (nSPS) is 11.0. The number of phenols is 1. The summed E-state index contributed by atoms with van der Waals surface area (Å²) in [6.07, 6.45) is 1.10. The van der Waals surface area contributed by atoms with Gasteiger partial charge in [0.15, 0.2) is 0 Å². The van der Waals surface area contributed by atoms with Crippen molar-refractivity contribution in [2.75, 3.05) is 0 Å². The van der Waals surface area contributed by atoms with Gasteiger partial charge in [0.1, 0.15) is 5.75 Å². The summed E-state index contributed by atoms with van der Waals surface area (Å²) in [5, 5.41) is 8.63. The van der Waals surface area contributed by atoms with Gasteiger partial charge in [0, 0.05) is 0 Å². The first-order chi connectivity index (χ1) is 9.84. The molecular weight excluding hydrogens is 244 g/mol. The Balaban J connectivity index is 0.000000147. The van der Waals surface area contributed by atoms with Gasteiger partial charge in [-0.25, -0.2) is 0 Å². The van der Waals surface area contributed by atoms with Gasteiger partial charge in [-0.1, -0.05) is 66.7 Å². The molecule has 1 aliphatic rings. The van der Waals surface area contributed by atoms with Gasteiger partial charge >= 0.3 is 0 Å². The van der Waals surface area contributed by atoms with Crippen LogP contribution in [0.2, 0.25) is 0 Å². The topological polar surface area (TPSA) is 20.2 Å². The summed E-state index contributed by atoms with van der Waals surface area (Å²) in [5.74, 6) is 0.322. The Hall–Kier alpha value is -2.54. The highest BCUT2D eigenvalue weighted by molar-refractivity contribution is 5.76. The van der Waals surface area contributed by atoms with E-state index >= 15 is 0 Å². The van der Waals surface area contributed by atoms with Crippen molar-refractivity contribution in [3.63, 3.8) is 0 Å². The number of phenolic OH excluding ortho intramolecular Hbond substituents is 1. The lowest BCUT2D eigenvalue weighted by Crippen LogP contribution is -1.77. The number of rotatable bonds is 0. The number of aromatic hydroxyl groups is 1. The summed E-state index contributed by atoms with van der Waals surface area (Å²) in [4.78, 5) is 0. The van der Waals surface area contributed by atoms with E-state index in [1.54, 1.807) is 24.3 Å². The maximum Gasteiger partial charge on any atom is 0.115 e. The first-order valence-electron chi connectivity index (χ1n) is 6.75. The molecule has 0 heterocycles. The summed E-state index contributed by atoms with van der Waals surface area (Å²) < 4.78 is 0. The molecule has 4 rings (SSSR count). The second kappa shape index (κ2) is 5.62. The summed E-state index contributed by atoms with van der Waals surface area (Å²) in [6.45, 7) is 0. The molecule has 0 atom stereocenters. The van der Waals surface area contributed by atoms with Crippen LogP contribution in [0.5, 0.6) is 5.75 Å². The number of benzene rings is 3. The van der Waals surface area contributed by atoms with E-state index in [2.05, 4.69) is 48.5 Å². The van der Waals surface area contributed by atoms with Crippen LogP contribution in [0, 0.1) is 0 Å². The third kappa shape index (κ3) is 2.57. The van der Waals surface area contributed by atoms with E-state index in [4.69, 9.17) is 5.11 Å². The van der Waals surface area contributed by atoms with Crippen molar-refractivity contribution in [1.29, 1.82) is 0 Å². The monoisotopic (exact) mass is 260 g/mol. The second-order valence-electron chi connectivity index (χ2n) is 4.83. The standard InChI is InChI=1S/C13H10.C6H6O/c1-3-7-12-10(5-1)9-11-6-2-4-8-13(11)12;7-6-4-2-1-3-5-6/h1-8H,9H2;1-5,7H. The fourth-order valence-electron chi connectivity index (χ4n) is 2.51. The molecule has 0 fully saturated rings. The van der Waals surface area contributed by atoms with E-state index in [1.807, 2.05) is 6.07 Å². The molecule has 20 heavy (non-hydrogen) atoms. The van der Waals surface area contributed by atoms with Crippen LogP contribution in [0.4, 0.5) is 0 Å². The average Bonchev–Trinajstić information content (AvgIpc) is 2.87. The van der Waals surface area contributed by atoms with Crippen molar-refractivity contribution < 1.29 is 5.11 Å². The fraction of sp³-hybridized carbons (Fsp3) is 0.0526. The SMILES string of the molecule is Oc1ccccc1.c1ccc2c(c1)Cc1ccccc1-2. The zero-order valence-electron chi connectivity index (χ0n) is 11.2. The van der Waals surface area contributed by atoms with Crippen molar-refractivity contribution in [3.05, 3.63) is 90.0 Å². The first kappa shape index (κ1) is 12.5. The molecule has 0 saturated carbocycles. The van der Waals surface area contributed by atoms with Crippen LogP contribution >= 0.6 is 0 Å². The highest BCUT2D eigenvalue weighted by Gasteiger charge is 2.15. The Labute approximate surface area is 119 Å². The fourth-order valence-corrected chi connectivity index (χ4v) is 2.51. The Bertz CT molecular complexity index is 658. The van der Waals surface area contributed by atoms with E-state index in [1.165, 1.54) is 22.3 Å². The zero-order chi connectivity index (χ0) is 13.8. The van der Waals surface area contributed by atoms with E-state index in [9.17, 15) is 0 Å². The van der Waals surface area contributed by atoms with Gasteiger partial charge < -0.3 is 5.11 Å². The quantitative estimate of drug-likeness (QED) is 0.488. The third-order valence-corrected chi connectivity index (χ3v) is 3.46. The minimum atomic E-state index is 0.322. The summed E-state index contributed by atoms with van der Waals surface area (Å²) in [7, 11) is 0. The molecule has 0 unspecified atom stereocenters. The smallest absolute Gasteiger partial charge is 0.115 e. The molecule has 3 aromatic carbocycles. The maximum absolute atomic E-state index is 8.63. The van der Waals surface area contributed by atoms with Gasteiger partial charge in [-0.15, -0.1) is 0 Å². The number of para-hydroxylation sites is 1. The molecule has 0 spiro atoms. The number of hydrogen-bond acceptors (Lipinski definition) is 1. The third-order valence-electron chi connectivity index (χ3n) is 3.46. The molecule has 0 bridgehead atoms. The molecule has 98 valence electrons. The van der Waals surface area contributed by atoms with Crippen LogP contribution in [0.3, 0.4) is 0 Å². The lowest BCUT2D eigenvalue weighted by atomic mass is 10.1. The van der Waals surface area contributed by atoms with Gasteiger partial charge in [0.05, 0.1) is 0 Å². The van der Waals surface area contributed by atoms with Crippen LogP contribution in [0.1, 0.15) is 11.1 Å². The van der Waals surface area contributed by atoms with Gasteiger partial charge in [-0.05, 0) is 40.8 Å². The van der Waals surface area contributed by atoms with Gasteiger partial charge in [-0.3, -0.25) is 0 Å². The molecule has 3 aromatic rings. The summed E-state index contributed by atoms with van der Waals surface area (Å²) in [5.41, 5.74) is 5.75. The van der Waals surface area contributed by atoms with Crippen molar-refractivity contribution in [1.82, 2.24) is 0 Å². The minimum Gasteiger partial charge on any atom is -0.508 e. The van der Waals surface area contributed by atoms with E-state index in [0.717, 1.165) is 6.42 Å². The summed E-state index contributed by atoms with van der Waals surface area (Å²) >= 11 is 0. The van der Waals surface area contributed by atoms with Crippen LogP contribution in [0.25, 0.3) is 11.1 Å². The second-order valence-corrected chi connectivity index (χ2v) is 4.83. The van der Waals surface area contributed by atoms with E-state index in [-0.39, 0.29) is 0 Å². The van der Waals surface area contributed by atoms with E-state index < -0.39 is 0 Å². The minimum absolute atomic E-state index is 0.322. The Morgan fingerprint density at radius 1 is 0.550 bits per heavy atom.